The Labute approximate surface area is 164 Å². The summed E-state index contributed by atoms with van der Waals surface area (Å²) in [5.41, 5.74) is 8.12. The molecule has 5 rings (SSSR count). The predicted molar refractivity (Wildman–Crippen MR) is 110 cm³/mol. The van der Waals surface area contributed by atoms with Crippen molar-refractivity contribution in [2.24, 2.45) is 0 Å². The second-order valence-corrected chi connectivity index (χ2v) is 7.52. The van der Waals surface area contributed by atoms with Crippen LogP contribution >= 0.6 is 0 Å². The van der Waals surface area contributed by atoms with Crippen LogP contribution in [0.1, 0.15) is 28.2 Å². The molecule has 28 heavy (non-hydrogen) atoms. The lowest BCUT2D eigenvalue weighted by molar-refractivity contribution is 0.239. The molecule has 0 saturated heterocycles. The number of fused-ring (bicyclic) bond motifs is 2. The van der Waals surface area contributed by atoms with Gasteiger partial charge in [0.1, 0.15) is 5.65 Å². The van der Waals surface area contributed by atoms with Crippen molar-refractivity contribution in [3.05, 3.63) is 83.1 Å². The molecular formula is C23H23N5. The first-order valence-corrected chi connectivity index (χ1v) is 9.75. The summed E-state index contributed by atoms with van der Waals surface area (Å²) in [4.78, 5) is 16.7. The van der Waals surface area contributed by atoms with Gasteiger partial charge in [0.05, 0.1) is 17.1 Å². The van der Waals surface area contributed by atoms with E-state index in [1.54, 1.807) is 0 Å². The molecule has 5 nitrogen and oxygen atoms in total. The van der Waals surface area contributed by atoms with Gasteiger partial charge < -0.3 is 4.40 Å². The Kier molecular flexibility index (Phi) is 4.17. The van der Waals surface area contributed by atoms with Crippen molar-refractivity contribution in [1.82, 2.24) is 24.3 Å². The van der Waals surface area contributed by atoms with Crippen molar-refractivity contribution in [2.75, 3.05) is 6.54 Å². The van der Waals surface area contributed by atoms with Crippen molar-refractivity contribution in [2.45, 2.75) is 33.4 Å². The molecule has 0 saturated carbocycles. The van der Waals surface area contributed by atoms with Crippen LogP contribution in [-0.2, 0) is 19.5 Å². The zero-order chi connectivity index (χ0) is 19.1. The Morgan fingerprint density at radius 2 is 1.86 bits per heavy atom. The molecule has 140 valence electrons. The third-order valence-corrected chi connectivity index (χ3v) is 5.56. The molecule has 1 aromatic carbocycles. The number of aryl methyl sites for hydroxylation is 2. The van der Waals surface area contributed by atoms with E-state index in [0.29, 0.717) is 0 Å². The first-order chi connectivity index (χ1) is 13.7. The molecule has 0 spiro atoms. The molecule has 1 aliphatic heterocycles. The first-order valence-electron chi connectivity index (χ1n) is 9.75. The SMILES string of the molecule is Cc1nc2c(C)cccn2c1CN1CCc2nc(-c3ccccc3)ncc2C1. The average molecular weight is 369 g/mol. The summed E-state index contributed by atoms with van der Waals surface area (Å²) in [7, 11) is 0. The van der Waals surface area contributed by atoms with E-state index < -0.39 is 0 Å². The average Bonchev–Trinajstić information content (AvgIpc) is 3.05. The maximum absolute atomic E-state index is 4.84. The van der Waals surface area contributed by atoms with Gasteiger partial charge >= 0.3 is 0 Å². The van der Waals surface area contributed by atoms with Gasteiger partial charge in [-0.15, -0.1) is 0 Å². The quantitative estimate of drug-likeness (QED) is 0.548. The van der Waals surface area contributed by atoms with Gasteiger partial charge in [0.15, 0.2) is 5.82 Å². The molecule has 0 atom stereocenters. The summed E-state index contributed by atoms with van der Waals surface area (Å²) < 4.78 is 2.23. The number of benzene rings is 1. The topological polar surface area (TPSA) is 46.3 Å². The fourth-order valence-corrected chi connectivity index (χ4v) is 4.00. The molecular weight excluding hydrogens is 346 g/mol. The van der Waals surface area contributed by atoms with E-state index in [0.717, 1.165) is 48.8 Å². The summed E-state index contributed by atoms with van der Waals surface area (Å²) in [5.74, 6) is 0.820. The fraction of sp³-hybridized carbons (Fsp3) is 0.261. The second kappa shape index (κ2) is 6.84. The highest BCUT2D eigenvalue weighted by Gasteiger charge is 2.21. The summed E-state index contributed by atoms with van der Waals surface area (Å²) >= 11 is 0. The van der Waals surface area contributed by atoms with E-state index in [1.807, 2.05) is 24.4 Å². The van der Waals surface area contributed by atoms with E-state index in [1.165, 1.54) is 22.5 Å². The van der Waals surface area contributed by atoms with Crippen LogP contribution in [0, 0.1) is 13.8 Å². The Morgan fingerprint density at radius 3 is 2.71 bits per heavy atom. The Balaban J connectivity index is 1.40. The number of pyridine rings is 1. The maximum atomic E-state index is 4.84. The van der Waals surface area contributed by atoms with Gasteiger partial charge in [-0.3, -0.25) is 4.90 Å². The minimum absolute atomic E-state index is 0.820. The molecule has 0 fully saturated rings. The molecule has 0 radical (unpaired) electrons. The third kappa shape index (κ3) is 2.98. The molecule has 0 N–H and O–H groups in total. The fourth-order valence-electron chi connectivity index (χ4n) is 4.00. The first kappa shape index (κ1) is 17.1. The van der Waals surface area contributed by atoms with Crippen LogP contribution in [0.25, 0.3) is 17.0 Å². The van der Waals surface area contributed by atoms with Gasteiger partial charge in [-0.2, -0.15) is 0 Å². The summed E-state index contributed by atoms with van der Waals surface area (Å²) in [6.07, 6.45) is 5.07. The van der Waals surface area contributed by atoms with Gasteiger partial charge in [0.25, 0.3) is 0 Å². The lowest BCUT2D eigenvalue weighted by atomic mass is 10.1. The second-order valence-electron chi connectivity index (χ2n) is 7.52. The van der Waals surface area contributed by atoms with Crippen molar-refractivity contribution >= 4 is 5.65 Å². The van der Waals surface area contributed by atoms with Crippen molar-refractivity contribution in [1.29, 1.82) is 0 Å². The molecule has 1 aliphatic rings. The zero-order valence-corrected chi connectivity index (χ0v) is 16.3. The Bertz CT molecular complexity index is 1150. The van der Waals surface area contributed by atoms with Crippen LogP contribution in [0.15, 0.2) is 54.9 Å². The van der Waals surface area contributed by atoms with Crippen molar-refractivity contribution in [3.63, 3.8) is 0 Å². The molecule has 4 heterocycles. The minimum atomic E-state index is 0.820. The van der Waals surface area contributed by atoms with Gasteiger partial charge in [0, 0.05) is 49.6 Å². The van der Waals surface area contributed by atoms with Crippen LogP contribution in [0.2, 0.25) is 0 Å². The standard InChI is InChI=1S/C23H23N5/c1-16-7-6-11-28-21(17(2)25-23(16)28)15-27-12-10-20-19(14-27)13-24-22(26-20)18-8-4-3-5-9-18/h3-9,11,13H,10,12,14-15H2,1-2H3. The van der Waals surface area contributed by atoms with E-state index in [4.69, 9.17) is 9.97 Å². The van der Waals surface area contributed by atoms with Crippen molar-refractivity contribution in [3.8, 4) is 11.4 Å². The number of aromatic nitrogens is 4. The highest BCUT2D eigenvalue weighted by Crippen LogP contribution is 2.23. The maximum Gasteiger partial charge on any atom is 0.159 e. The van der Waals surface area contributed by atoms with Crippen LogP contribution in [0.4, 0.5) is 0 Å². The Hall–Kier alpha value is -3.05. The third-order valence-electron chi connectivity index (χ3n) is 5.56. The number of nitrogens with zero attached hydrogens (tertiary/aromatic N) is 5. The largest absolute Gasteiger partial charge is 0.302 e. The van der Waals surface area contributed by atoms with E-state index in [9.17, 15) is 0 Å². The summed E-state index contributed by atoms with van der Waals surface area (Å²) in [6.45, 7) is 6.98. The van der Waals surface area contributed by atoms with Crippen LogP contribution in [0.5, 0.6) is 0 Å². The number of imidazole rings is 1. The molecule has 0 amide bonds. The van der Waals surface area contributed by atoms with Crippen LogP contribution in [0.3, 0.4) is 0 Å². The monoisotopic (exact) mass is 369 g/mol. The highest BCUT2D eigenvalue weighted by molar-refractivity contribution is 5.55. The molecule has 0 bridgehead atoms. The predicted octanol–water partition coefficient (Wildman–Crippen LogP) is 3.97. The number of hydrogen-bond acceptors (Lipinski definition) is 4. The molecule has 5 heteroatoms. The minimum Gasteiger partial charge on any atom is -0.302 e. The van der Waals surface area contributed by atoms with E-state index >= 15 is 0 Å². The van der Waals surface area contributed by atoms with Gasteiger partial charge in [-0.05, 0) is 25.5 Å². The molecule has 4 aromatic rings. The van der Waals surface area contributed by atoms with E-state index in [-0.39, 0.29) is 0 Å². The molecule has 3 aromatic heterocycles. The Morgan fingerprint density at radius 1 is 1.00 bits per heavy atom. The van der Waals surface area contributed by atoms with E-state index in [2.05, 4.69) is 58.6 Å². The smallest absolute Gasteiger partial charge is 0.159 e. The summed E-state index contributed by atoms with van der Waals surface area (Å²) in [5, 5.41) is 0. The number of hydrogen-bond donors (Lipinski definition) is 0. The van der Waals surface area contributed by atoms with Gasteiger partial charge in [-0.25, -0.2) is 15.0 Å². The van der Waals surface area contributed by atoms with Crippen molar-refractivity contribution < 1.29 is 0 Å². The van der Waals surface area contributed by atoms with Gasteiger partial charge in [-0.1, -0.05) is 36.4 Å². The summed E-state index contributed by atoms with van der Waals surface area (Å²) in [6, 6.07) is 14.4. The highest BCUT2D eigenvalue weighted by atomic mass is 15.2. The lowest BCUT2D eigenvalue weighted by Crippen LogP contribution is -2.31. The van der Waals surface area contributed by atoms with Gasteiger partial charge in [0.2, 0.25) is 0 Å². The molecule has 0 unspecified atom stereocenters. The van der Waals surface area contributed by atoms with Crippen LogP contribution in [-0.4, -0.2) is 30.8 Å². The molecule has 0 aliphatic carbocycles. The van der Waals surface area contributed by atoms with Crippen LogP contribution < -0.4 is 0 Å². The lowest BCUT2D eigenvalue weighted by Gasteiger charge is -2.28. The number of rotatable bonds is 3. The normalized spacial score (nSPS) is 14.4. The zero-order valence-electron chi connectivity index (χ0n) is 16.3.